The Hall–Kier alpha value is -2.24. The second kappa shape index (κ2) is 34.1. The van der Waals surface area contributed by atoms with Crippen LogP contribution >= 0.6 is 15.6 Å². The Morgan fingerprint density at radius 1 is 0.703 bits per heavy atom. The number of nitrogens with zero attached hydrogens (tertiary/aromatic N) is 2. The predicted molar refractivity (Wildman–Crippen MR) is 238 cm³/mol. The number of esters is 2. The maximum absolute atomic E-state index is 12.8. The lowest BCUT2D eigenvalue weighted by Gasteiger charge is -2.32. The van der Waals surface area contributed by atoms with E-state index in [1.165, 1.54) is 109 Å². The largest absolute Gasteiger partial charge is 0.756 e. The molecule has 0 spiro atoms. The van der Waals surface area contributed by atoms with Crippen molar-refractivity contribution in [1.82, 2.24) is 9.55 Å². The highest BCUT2D eigenvalue weighted by atomic mass is 31.3. The summed E-state index contributed by atoms with van der Waals surface area (Å²) in [7, 11) is -11.4. The number of aliphatic hydroxyl groups is 2. The van der Waals surface area contributed by atoms with E-state index in [0.717, 1.165) is 62.1 Å². The molecule has 20 heteroatoms. The van der Waals surface area contributed by atoms with E-state index >= 15 is 0 Å². The van der Waals surface area contributed by atoms with Crippen molar-refractivity contribution in [1.29, 1.82) is 0 Å². The van der Waals surface area contributed by atoms with Crippen molar-refractivity contribution in [3.63, 3.8) is 0 Å². The van der Waals surface area contributed by atoms with Crippen molar-refractivity contribution >= 4 is 33.4 Å². The zero-order valence-electron chi connectivity index (χ0n) is 38.5. The minimum atomic E-state index is -5.72. The monoisotopic (exact) mass is 951 g/mol. The Balaban J connectivity index is 1.82. The fourth-order valence-electron chi connectivity index (χ4n) is 7.42. The minimum absolute atomic E-state index is 0.0322. The van der Waals surface area contributed by atoms with Gasteiger partial charge in [0.2, 0.25) is 0 Å². The first-order valence-corrected chi connectivity index (χ1v) is 26.9. The fraction of sp³-hybridized carbons (Fsp3) is 0.864. The van der Waals surface area contributed by atoms with Gasteiger partial charge < -0.3 is 49.0 Å². The first-order valence-electron chi connectivity index (χ1n) is 24.0. The lowest BCUT2D eigenvalue weighted by atomic mass is 10.0. The maximum atomic E-state index is 12.8. The van der Waals surface area contributed by atoms with E-state index in [4.69, 9.17) is 24.5 Å². The zero-order valence-corrected chi connectivity index (χ0v) is 40.3. The molecule has 1 aliphatic rings. The average molecular weight is 952 g/mol. The number of carbonyl (C=O) groups is 2. The predicted octanol–water partition coefficient (Wildman–Crippen LogP) is 7.85. The summed E-state index contributed by atoms with van der Waals surface area (Å²) in [4.78, 5) is 66.2. The summed E-state index contributed by atoms with van der Waals surface area (Å²) in [6, 6.07) is 1.23. The molecule has 0 saturated carbocycles. The number of anilines is 1. The third-order valence-corrected chi connectivity index (χ3v) is 13.7. The molecule has 1 aromatic heterocycles. The van der Waals surface area contributed by atoms with Crippen LogP contribution < -0.4 is 21.2 Å². The lowest BCUT2D eigenvalue weighted by Crippen LogP contribution is -2.36. The molecule has 18 nitrogen and oxygen atoms in total. The normalized spacial score (nSPS) is 19.8. The van der Waals surface area contributed by atoms with Gasteiger partial charge in [-0.05, 0) is 18.9 Å². The van der Waals surface area contributed by atoms with Gasteiger partial charge in [-0.1, -0.05) is 168 Å². The molecule has 64 heavy (non-hydrogen) atoms. The Bertz CT molecular complexity index is 1570. The molecule has 0 radical (unpaired) electrons. The molecule has 1 saturated heterocycles. The van der Waals surface area contributed by atoms with Crippen LogP contribution in [0.25, 0.3) is 0 Å². The van der Waals surface area contributed by atoms with Gasteiger partial charge in [-0.25, -0.2) is 9.11 Å². The highest BCUT2D eigenvalue weighted by Crippen LogP contribution is 2.56. The van der Waals surface area contributed by atoms with E-state index in [9.17, 15) is 43.5 Å². The van der Waals surface area contributed by atoms with E-state index in [1.54, 1.807) is 0 Å². The van der Waals surface area contributed by atoms with Gasteiger partial charge >= 0.3 is 17.6 Å². The van der Waals surface area contributed by atoms with E-state index < -0.39 is 83.7 Å². The van der Waals surface area contributed by atoms with E-state index in [2.05, 4.69) is 27.7 Å². The summed E-state index contributed by atoms with van der Waals surface area (Å²) in [5, 5.41) is 20.8. The molecule has 1 aliphatic heterocycles. The number of hydrogen-bond acceptors (Lipinski definition) is 17. The van der Waals surface area contributed by atoms with Gasteiger partial charge in [-0.15, -0.1) is 0 Å². The number of aliphatic hydroxyl groups excluding tert-OH is 2. The molecular formula is C44H79N3O15P2-2. The molecule has 0 aromatic carbocycles. The van der Waals surface area contributed by atoms with Gasteiger partial charge in [-0.3, -0.25) is 23.3 Å². The molecular weight excluding hydrogens is 872 g/mol. The minimum Gasteiger partial charge on any atom is -0.756 e. The number of ether oxygens (including phenoxy) is 3. The molecule has 0 aliphatic carbocycles. The molecule has 7 atom stereocenters. The molecule has 4 N–H and O–H groups in total. The molecule has 2 heterocycles. The molecule has 1 aromatic rings. The molecule has 0 amide bonds. The second-order valence-corrected chi connectivity index (χ2v) is 19.9. The van der Waals surface area contributed by atoms with Gasteiger partial charge in [-0.2, -0.15) is 4.98 Å². The van der Waals surface area contributed by atoms with Gasteiger partial charge in [0.1, 0.15) is 30.7 Å². The van der Waals surface area contributed by atoms with Gasteiger partial charge in [0, 0.05) is 19.0 Å². The van der Waals surface area contributed by atoms with Gasteiger partial charge in [0.15, 0.2) is 12.3 Å². The Morgan fingerprint density at radius 2 is 1.14 bits per heavy atom. The number of phosphoric ester groups is 2. The van der Waals surface area contributed by atoms with Crippen molar-refractivity contribution in [3.05, 3.63) is 22.7 Å². The molecule has 2 rings (SSSR count). The summed E-state index contributed by atoms with van der Waals surface area (Å²) < 4.78 is 55.7. The summed E-state index contributed by atoms with van der Waals surface area (Å²) in [6.07, 6.45) is 22.8. The summed E-state index contributed by atoms with van der Waals surface area (Å²) >= 11 is 0. The second-order valence-electron chi connectivity index (χ2n) is 16.9. The van der Waals surface area contributed by atoms with Crippen LogP contribution in [-0.2, 0) is 46.3 Å². The van der Waals surface area contributed by atoms with Crippen LogP contribution in [0.3, 0.4) is 0 Å². The fourth-order valence-corrected chi connectivity index (χ4v) is 9.45. The lowest BCUT2D eigenvalue weighted by molar-refractivity contribution is -0.246. The number of carbonyl (C=O) groups excluding carboxylic acids is 2. The van der Waals surface area contributed by atoms with Gasteiger partial charge in [0.25, 0.3) is 15.6 Å². The average Bonchev–Trinajstić information content (AvgIpc) is 3.52. The van der Waals surface area contributed by atoms with Crippen molar-refractivity contribution in [3.8, 4) is 0 Å². The van der Waals surface area contributed by atoms with Crippen molar-refractivity contribution in [2.45, 2.75) is 224 Å². The molecule has 1 fully saturated rings. The van der Waals surface area contributed by atoms with E-state index in [-0.39, 0.29) is 18.7 Å². The van der Waals surface area contributed by atoms with Crippen LogP contribution in [0, 0.1) is 0 Å². The SMILES string of the molecule is CCCCCCCCCCCCCCCC(=O)OC[C@H](COP(=O)([O-])OP(=O)([O-])OC[C@H]1O[C@@H](n2ccc(N)nc2=O)C(O)[C@H]1O)OC(=O)CCCCCCCCCCCCCCC. The van der Waals surface area contributed by atoms with Crippen LogP contribution in [0.1, 0.15) is 200 Å². The summed E-state index contributed by atoms with van der Waals surface area (Å²) in [5.74, 6) is -1.35. The molecule has 372 valence electrons. The van der Waals surface area contributed by atoms with E-state index in [1.807, 2.05) is 0 Å². The van der Waals surface area contributed by atoms with Crippen LogP contribution in [-0.4, -0.2) is 75.9 Å². The van der Waals surface area contributed by atoms with Crippen LogP contribution in [0.5, 0.6) is 0 Å². The van der Waals surface area contributed by atoms with Crippen LogP contribution in [0.15, 0.2) is 17.1 Å². The number of aromatic nitrogens is 2. The third kappa shape index (κ3) is 26.8. The maximum Gasteiger partial charge on any atom is 0.351 e. The number of phosphoric acid groups is 2. The Labute approximate surface area is 380 Å². The van der Waals surface area contributed by atoms with Crippen LogP contribution in [0.2, 0.25) is 0 Å². The number of rotatable bonds is 40. The van der Waals surface area contributed by atoms with Gasteiger partial charge in [0.05, 0.1) is 13.2 Å². The van der Waals surface area contributed by atoms with Crippen LogP contribution in [0.4, 0.5) is 5.82 Å². The van der Waals surface area contributed by atoms with E-state index in [0.29, 0.717) is 12.8 Å². The number of unbranched alkanes of at least 4 members (excludes halogenated alkanes) is 24. The summed E-state index contributed by atoms with van der Waals surface area (Å²) in [6.45, 7) is 1.93. The Morgan fingerprint density at radius 3 is 1.61 bits per heavy atom. The van der Waals surface area contributed by atoms with Crippen molar-refractivity contribution in [2.75, 3.05) is 25.6 Å². The standard InChI is InChI=1S/C44H81N3O15P2/c1-3-5-7-9-11-13-15-17-19-21-23-25-27-29-39(48)57-33-36(60-40(49)30-28-26-24-22-20-18-16-14-12-10-8-6-4-2)34-58-63(53,54)62-64(55,56)59-35-37-41(50)42(51)43(61-37)47-32-31-38(45)46-44(47)52/h31-32,36-37,41-43,50-51H,3-30,33-35H2,1-2H3,(H,53,54)(H,55,56)(H2,45,46,52)/p-2/t36-,37-,41+,42?,43-/m1/s1. The zero-order chi connectivity index (χ0) is 47.1. The summed E-state index contributed by atoms with van der Waals surface area (Å²) in [5.41, 5.74) is 4.55. The van der Waals surface area contributed by atoms with Crippen molar-refractivity contribution in [2.24, 2.45) is 0 Å². The third-order valence-electron chi connectivity index (χ3n) is 11.2. The topological polar surface area (TPSA) is 271 Å². The quantitative estimate of drug-likeness (QED) is 0.0321. The number of nitrogens with two attached hydrogens (primary N) is 1. The highest BCUT2D eigenvalue weighted by molar-refractivity contribution is 7.59. The highest BCUT2D eigenvalue weighted by Gasteiger charge is 2.45. The van der Waals surface area contributed by atoms with Crippen molar-refractivity contribution < 1.29 is 66.3 Å². The smallest absolute Gasteiger partial charge is 0.351 e. The molecule has 0 bridgehead atoms. The number of nitrogen functional groups attached to an aromatic ring is 1. The number of hydrogen-bond donors (Lipinski definition) is 3. The molecule has 3 unspecified atom stereocenters. The first-order chi connectivity index (χ1) is 30.7. The first kappa shape index (κ1) is 57.9. The Kier molecular flexibility index (Phi) is 30.9.